The molecule has 1 rings (SSSR count). The summed E-state index contributed by atoms with van der Waals surface area (Å²) in [5.74, 6) is -0.290. The van der Waals surface area contributed by atoms with Crippen molar-refractivity contribution in [2.45, 2.75) is 0 Å². The Morgan fingerprint density at radius 2 is 2.29 bits per heavy atom. The predicted octanol–water partition coefficient (Wildman–Crippen LogP) is 4.32. The maximum Gasteiger partial charge on any atom is 0.124 e. The van der Waals surface area contributed by atoms with Crippen LogP contribution in [0.1, 0.15) is 0 Å². The minimum atomic E-state index is -0.290. The van der Waals surface area contributed by atoms with Crippen LogP contribution in [0.3, 0.4) is 0 Å². The van der Waals surface area contributed by atoms with Crippen LogP contribution in [-0.4, -0.2) is 6.54 Å². The van der Waals surface area contributed by atoms with E-state index in [-0.39, 0.29) is 5.82 Å². The Kier molecular flexibility index (Phi) is 4.72. The molecule has 0 amide bonds. The second-order valence-corrected chi connectivity index (χ2v) is 4.09. The molecule has 1 aromatic carbocycles. The molecule has 0 heterocycles. The number of hydrogen-bond acceptors (Lipinski definition) is 1. The Morgan fingerprint density at radius 3 is 2.86 bits per heavy atom. The van der Waals surface area contributed by atoms with Gasteiger partial charge in [0.25, 0.3) is 0 Å². The Bertz CT molecular complexity index is 355. The monoisotopic (exact) mass is 297 g/mol. The molecule has 0 saturated heterocycles. The average molecular weight is 299 g/mol. The molecular weight excluding hydrogens is 292 g/mol. The average Bonchev–Trinajstić information content (AvgIpc) is 2.16. The van der Waals surface area contributed by atoms with Crippen LogP contribution in [0.5, 0.6) is 0 Å². The largest absolute Gasteiger partial charge is 0.379 e. The van der Waals surface area contributed by atoms with Crippen LogP contribution in [0.4, 0.5) is 10.1 Å². The molecular formula is C9H7BrCl2FN. The highest BCUT2D eigenvalue weighted by Gasteiger charge is 2.00. The fourth-order valence-electron chi connectivity index (χ4n) is 0.851. The van der Waals surface area contributed by atoms with Crippen molar-refractivity contribution in [3.05, 3.63) is 39.1 Å². The summed E-state index contributed by atoms with van der Waals surface area (Å²) >= 11 is 14.3. The molecule has 0 radical (unpaired) electrons. The number of benzene rings is 1. The zero-order valence-electron chi connectivity index (χ0n) is 7.03. The van der Waals surface area contributed by atoms with Crippen molar-refractivity contribution < 1.29 is 4.39 Å². The predicted molar refractivity (Wildman–Crippen MR) is 62.4 cm³/mol. The van der Waals surface area contributed by atoms with E-state index in [2.05, 4.69) is 21.2 Å². The molecule has 1 aromatic rings. The molecule has 0 saturated carbocycles. The molecule has 0 fully saturated rings. The summed E-state index contributed by atoms with van der Waals surface area (Å²) in [5, 5.41) is 3.48. The van der Waals surface area contributed by atoms with Crippen molar-refractivity contribution in [1.29, 1.82) is 0 Å². The van der Waals surface area contributed by atoms with Crippen molar-refractivity contribution in [2.75, 3.05) is 11.9 Å². The number of nitrogens with one attached hydrogen (secondary N) is 1. The molecule has 1 nitrogen and oxygen atoms in total. The summed E-state index contributed by atoms with van der Waals surface area (Å²) in [7, 11) is 0. The van der Waals surface area contributed by atoms with Crippen LogP contribution < -0.4 is 5.32 Å². The molecule has 5 heteroatoms. The topological polar surface area (TPSA) is 12.0 Å². The fraction of sp³-hybridized carbons (Fsp3) is 0.111. The van der Waals surface area contributed by atoms with E-state index in [1.165, 1.54) is 17.7 Å². The van der Waals surface area contributed by atoms with Crippen LogP contribution in [0.15, 0.2) is 33.2 Å². The van der Waals surface area contributed by atoms with E-state index in [1.807, 2.05) is 0 Å². The second kappa shape index (κ2) is 5.59. The van der Waals surface area contributed by atoms with Gasteiger partial charge in [0.05, 0.1) is 6.54 Å². The highest BCUT2D eigenvalue weighted by molar-refractivity contribution is 9.10. The lowest BCUT2D eigenvalue weighted by Crippen LogP contribution is -2.01. The summed E-state index contributed by atoms with van der Waals surface area (Å²) in [4.78, 5) is 0. The molecule has 14 heavy (non-hydrogen) atoms. The van der Waals surface area contributed by atoms with E-state index < -0.39 is 0 Å². The fourth-order valence-corrected chi connectivity index (χ4v) is 1.49. The van der Waals surface area contributed by atoms with Crippen molar-refractivity contribution >= 4 is 44.8 Å². The van der Waals surface area contributed by atoms with Crippen molar-refractivity contribution in [2.24, 2.45) is 0 Å². The SMILES string of the molecule is Fc1ccc(NCC(Cl)=CCl)c(Br)c1. The molecule has 1 N–H and O–H groups in total. The summed E-state index contributed by atoms with van der Waals surface area (Å²) in [6.45, 7) is 0.412. The first-order valence-corrected chi connectivity index (χ1v) is 5.38. The molecule has 0 aliphatic carbocycles. The van der Waals surface area contributed by atoms with Gasteiger partial charge in [-0.2, -0.15) is 0 Å². The zero-order valence-corrected chi connectivity index (χ0v) is 10.1. The van der Waals surface area contributed by atoms with E-state index in [4.69, 9.17) is 23.2 Å². The summed E-state index contributed by atoms with van der Waals surface area (Å²) in [5.41, 5.74) is 2.05. The maximum absolute atomic E-state index is 12.7. The van der Waals surface area contributed by atoms with Gasteiger partial charge in [-0.1, -0.05) is 23.2 Å². The highest BCUT2D eigenvalue weighted by Crippen LogP contribution is 2.23. The van der Waals surface area contributed by atoms with Gasteiger partial charge in [-0.15, -0.1) is 0 Å². The lowest BCUT2D eigenvalue weighted by molar-refractivity contribution is 0.627. The molecule has 0 bridgehead atoms. The Labute approximate surface area is 100 Å². The number of hydrogen-bond donors (Lipinski definition) is 1. The smallest absolute Gasteiger partial charge is 0.124 e. The van der Waals surface area contributed by atoms with Crippen LogP contribution in [0, 0.1) is 5.82 Å². The molecule has 76 valence electrons. The van der Waals surface area contributed by atoms with Gasteiger partial charge < -0.3 is 5.32 Å². The van der Waals surface area contributed by atoms with Crippen LogP contribution in [-0.2, 0) is 0 Å². The van der Waals surface area contributed by atoms with Crippen LogP contribution in [0.2, 0.25) is 0 Å². The first-order valence-electron chi connectivity index (χ1n) is 3.77. The van der Waals surface area contributed by atoms with Gasteiger partial charge in [-0.05, 0) is 34.1 Å². The standard InChI is InChI=1S/C9H7BrCl2FN/c10-8-3-7(13)1-2-9(8)14-5-6(12)4-11/h1-4,14H,5H2. The van der Waals surface area contributed by atoms with Crippen molar-refractivity contribution in [3.63, 3.8) is 0 Å². The molecule has 0 aliphatic heterocycles. The number of anilines is 1. The van der Waals surface area contributed by atoms with Gasteiger partial charge in [0, 0.05) is 20.7 Å². The molecule has 0 atom stereocenters. The Hall–Kier alpha value is -0.250. The maximum atomic E-state index is 12.7. The first-order chi connectivity index (χ1) is 6.63. The lowest BCUT2D eigenvalue weighted by atomic mass is 10.3. The van der Waals surface area contributed by atoms with Gasteiger partial charge >= 0.3 is 0 Å². The second-order valence-electron chi connectivity index (χ2n) is 2.53. The third kappa shape index (κ3) is 3.48. The van der Waals surface area contributed by atoms with Crippen molar-refractivity contribution in [3.8, 4) is 0 Å². The molecule has 0 aromatic heterocycles. The van der Waals surface area contributed by atoms with Crippen LogP contribution in [0.25, 0.3) is 0 Å². The lowest BCUT2D eigenvalue weighted by Gasteiger charge is -2.07. The van der Waals surface area contributed by atoms with Gasteiger partial charge in [0.1, 0.15) is 5.82 Å². The number of halogens is 4. The number of rotatable bonds is 3. The summed E-state index contributed by atoms with van der Waals surface area (Å²) < 4.78 is 13.3. The van der Waals surface area contributed by atoms with Gasteiger partial charge in [0.2, 0.25) is 0 Å². The molecule has 0 aliphatic rings. The van der Waals surface area contributed by atoms with Crippen LogP contribution >= 0.6 is 39.1 Å². The quantitative estimate of drug-likeness (QED) is 0.876. The third-order valence-electron chi connectivity index (χ3n) is 1.50. The van der Waals surface area contributed by atoms with E-state index in [9.17, 15) is 4.39 Å². The minimum absolute atomic E-state index is 0.290. The van der Waals surface area contributed by atoms with Crippen molar-refractivity contribution in [1.82, 2.24) is 0 Å². The zero-order chi connectivity index (χ0) is 10.6. The van der Waals surface area contributed by atoms with E-state index in [0.717, 1.165) is 5.69 Å². The first kappa shape index (κ1) is 11.8. The normalized spacial score (nSPS) is 11.6. The van der Waals surface area contributed by atoms with Gasteiger partial charge in [0.15, 0.2) is 0 Å². The Morgan fingerprint density at radius 1 is 1.57 bits per heavy atom. The minimum Gasteiger partial charge on any atom is -0.379 e. The summed E-state index contributed by atoms with van der Waals surface area (Å²) in [6.07, 6.45) is 0. The van der Waals surface area contributed by atoms with Gasteiger partial charge in [-0.25, -0.2) is 4.39 Å². The molecule has 0 unspecified atom stereocenters. The molecule has 0 spiro atoms. The van der Waals surface area contributed by atoms with E-state index >= 15 is 0 Å². The summed E-state index contributed by atoms with van der Waals surface area (Å²) in [6, 6.07) is 4.36. The van der Waals surface area contributed by atoms with Gasteiger partial charge in [-0.3, -0.25) is 0 Å². The highest BCUT2D eigenvalue weighted by atomic mass is 79.9. The van der Waals surface area contributed by atoms with E-state index in [1.54, 1.807) is 6.07 Å². The van der Waals surface area contributed by atoms with E-state index in [0.29, 0.717) is 16.0 Å². The Balaban J connectivity index is 2.68. The third-order valence-corrected chi connectivity index (χ3v) is 2.77.